The van der Waals surface area contributed by atoms with Crippen molar-refractivity contribution in [3.8, 4) is 0 Å². The van der Waals surface area contributed by atoms with Crippen LogP contribution in [0.1, 0.15) is 56.6 Å². The van der Waals surface area contributed by atoms with Crippen molar-refractivity contribution in [2.24, 2.45) is 0 Å². The molecule has 10 heteroatoms. The Kier molecular flexibility index (Phi) is 10.9. The van der Waals surface area contributed by atoms with Gasteiger partial charge in [0.1, 0.15) is 12.6 Å². The molecular formula is C32H37Cl2N3O4S. The van der Waals surface area contributed by atoms with E-state index in [-0.39, 0.29) is 23.4 Å². The molecule has 3 aromatic rings. The molecule has 0 radical (unpaired) electrons. The number of para-hydroxylation sites is 1. The van der Waals surface area contributed by atoms with Crippen LogP contribution in [0, 0.1) is 6.92 Å². The van der Waals surface area contributed by atoms with Gasteiger partial charge >= 0.3 is 0 Å². The minimum Gasteiger partial charge on any atom is -0.352 e. The van der Waals surface area contributed by atoms with Crippen molar-refractivity contribution < 1.29 is 18.0 Å². The van der Waals surface area contributed by atoms with Crippen molar-refractivity contribution in [2.75, 3.05) is 10.8 Å². The first-order chi connectivity index (χ1) is 20.1. The fraction of sp³-hybridized carbons (Fsp3) is 0.375. The van der Waals surface area contributed by atoms with Crippen molar-refractivity contribution in [1.82, 2.24) is 10.2 Å². The Labute approximate surface area is 258 Å². The molecule has 1 aliphatic rings. The minimum absolute atomic E-state index is 0.0445. The number of sulfonamides is 1. The minimum atomic E-state index is -4.14. The van der Waals surface area contributed by atoms with Crippen LogP contribution < -0.4 is 9.62 Å². The van der Waals surface area contributed by atoms with Gasteiger partial charge in [0.25, 0.3) is 10.0 Å². The molecule has 1 N–H and O–H groups in total. The summed E-state index contributed by atoms with van der Waals surface area (Å²) in [7, 11) is -4.14. The van der Waals surface area contributed by atoms with E-state index >= 15 is 0 Å². The lowest BCUT2D eigenvalue weighted by molar-refractivity contribution is -0.140. The van der Waals surface area contributed by atoms with E-state index in [9.17, 15) is 18.0 Å². The van der Waals surface area contributed by atoms with E-state index < -0.39 is 28.5 Å². The summed E-state index contributed by atoms with van der Waals surface area (Å²) in [5.74, 6) is -0.811. The number of carbonyl (C=O) groups is 2. The normalized spacial score (nSPS) is 14.7. The van der Waals surface area contributed by atoms with E-state index in [2.05, 4.69) is 5.32 Å². The van der Waals surface area contributed by atoms with Crippen LogP contribution in [0.3, 0.4) is 0 Å². The number of rotatable bonds is 11. The summed E-state index contributed by atoms with van der Waals surface area (Å²) < 4.78 is 29.1. The number of hydrogen-bond donors (Lipinski definition) is 1. The molecule has 3 aromatic carbocycles. The van der Waals surface area contributed by atoms with Gasteiger partial charge in [-0.15, -0.1) is 0 Å². The summed E-state index contributed by atoms with van der Waals surface area (Å²) in [5.41, 5.74) is 1.56. The molecule has 4 rings (SSSR count). The van der Waals surface area contributed by atoms with Crippen LogP contribution in [0.2, 0.25) is 10.0 Å². The SMILES string of the molecule is CCC(C(=O)NC1CCCCC1)N(Cc1c(Cl)cccc1Cl)C(=O)CN(c1ccccc1C)S(=O)(=O)c1ccccc1. The molecule has 0 spiro atoms. The number of halogens is 2. The number of carbonyl (C=O) groups excluding carboxylic acids is 2. The van der Waals surface area contributed by atoms with Gasteiger partial charge < -0.3 is 10.2 Å². The van der Waals surface area contributed by atoms with Crippen LogP contribution in [0.4, 0.5) is 5.69 Å². The van der Waals surface area contributed by atoms with Crippen molar-refractivity contribution >= 4 is 50.7 Å². The molecule has 42 heavy (non-hydrogen) atoms. The number of hydrogen-bond acceptors (Lipinski definition) is 4. The maximum atomic E-state index is 14.3. The molecule has 0 heterocycles. The molecule has 1 saturated carbocycles. The summed E-state index contributed by atoms with van der Waals surface area (Å²) >= 11 is 13.0. The zero-order valence-electron chi connectivity index (χ0n) is 23.9. The molecule has 0 aliphatic heterocycles. The van der Waals surface area contributed by atoms with Gasteiger partial charge in [-0.1, -0.05) is 91.9 Å². The Bertz CT molecular complexity index is 1470. The maximum Gasteiger partial charge on any atom is 0.264 e. The van der Waals surface area contributed by atoms with Gasteiger partial charge in [-0.2, -0.15) is 0 Å². The van der Waals surface area contributed by atoms with Crippen LogP contribution in [0.5, 0.6) is 0 Å². The topological polar surface area (TPSA) is 86.8 Å². The van der Waals surface area contributed by atoms with Crippen molar-refractivity contribution in [2.45, 2.75) is 75.9 Å². The fourth-order valence-electron chi connectivity index (χ4n) is 5.39. The first kappa shape index (κ1) is 31.9. The second kappa shape index (κ2) is 14.4. The molecular weight excluding hydrogens is 593 g/mol. The van der Waals surface area contributed by atoms with E-state index in [1.165, 1.54) is 17.0 Å². The molecule has 1 aliphatic carbocycles. The summed E-state index contributed by atoms with van der Waals surface area (Å²) in [6.07, 6.45) is 5.34. The Hall–Kier alpha value is -3.07. The van der Waals surface area contributed by atoms with Gasteiger partial charge in [-0.25, -0.2) is 8.42 Å². The Morgan fingerprint density at radius 1 is 0.905 bits per heavy atom. The first-order valence-electron chi connectivity index (χ1n) is 14.3. The van der Waals surface area contributed by atoms with E-state index in [0.717, 1.165) is 36.4 Å². The van der Waals surface area contributed by atoms with Gasteiger partial charge in [0.2, 0.25) is 11.8 Å². The van der Waals surface area contributed by atoms with Crippen LogP contribution >= 0.6 is 23.2 Å². The van der Waals surface area contributed by atoms with Gasteiger partial charge in [0.15, 0.2) is 0 Å². The second-order valence-corrected chi connectivity index (χ2v) is 13.3. The highest BCUT2D eigenvalue weighted by molar-refractivity contribution is 7.92. The molecule has 0 aromatic heterocycles. The fourth-order valence-corrected chi connectivity index (χ4v) is 7.41. The number of nitrogens with one attached hydrogen (secondary N) is 1. The third-order valence-electron chi connectivity index (χ3n) is 7.72. The van der Waals surface area contributed by atoms with E-state index in [1.807, 2.05) is 13.0 Å². The summed E-state index contributed by atoms with van der Waals surface area (Å²) in [6, 6.07) is 19.3. The number of amides is 2. The third-order valence-corrected chi connectivity index (χ3v) is 10.2. The van der Waals surface area contributed by atoms with Gasteiger partial charge in [0.05, 0.1) is 10.6 Å². The predicted octanol–water partition coefficient (Wildman–Crippen LogP) is 6.75. The highest BCUT2D eigenvalue weighted by Crippen LogP contribution is 2.30. The lowest BCUT2D eigenvalue weighted by Crippen LogP contribution is -2.54. The number of aryl methyl sites for hydroxylation is 1. The van der Waals surface area contributed by atoms with E-state index in [0.29, 0.717) is 33.3 Å². The molecule has 224 valence electrons. The van der Waals surface area contributed by atoms with Gasteiger partial charge in [0, 0.05) is 28.2 Å². The highest BCUT2D eigenvalue weighted by Gasteiger charge is 2.35. The zero-order valence-corrected chi connectivity index (χ0v) is 26.3. The third kappa shape index (κ3) is 7.46. The number of anilines is 1. The largest absolute Gasteiger partial charge is 0.352 e. The quantitative estimate of drug-likeness (QED) is 0.254. The van der Waals surface area contributed by atoms with Crippen LogP contribution in [0.15, 0.2) is 77.7 Å². The molecule has 2 amide bonds. The monoisotopic (exact) mass is 629 g/mol. The number of benzene rings is 3. The zero-order chi connectivity index (χ0) is 30.3. The van der Waals surface area contributed by atoms with Gasteiger partial charge in [-0.05, 0) is 62.1 Å². The average molecular weight is 631 g/mol. The molecule has 7 nitrogen and oxygen atoms in total. The lowest BCUT2D eigenvalue weighted by Gasteiger charge is -2.35. The first-order valence-corrected chi connectivity index (χ1v) is 16.5. The highest BCUT2D eigenvalue weighted by atomic mass is 35.5. The molecule has 1 unspecified atom stereocenters. The van der Waals surface area contributed by atoms with Crippen LogP contribution in [0.25, 0.3) is 0 Å². The standard InChI is InChI=1S/C32H37Cl2N3O4S/c1-3-29(32(39)35-24-14-6-4-7-15-24)36(21-26-27(33)18-12-19-28(26)34)31(38)22-37(30-20-11-10-13-23(30)2)42(40,41)25-16-8-5-9-17-25/h5,8-13,16-20,24,29H,3-4,6-7,14-15,21-22H2,1-2H3,(H,35,39). The summed E-state index contributed by atoms with van der Waals surface area (Å²) in [6.45, 7) is 3.05. The van der Waals surface area contributed by atoms with Crippen molar-refractivity contribution in [1.29, 1.82) is 0 Å². The van der Waals surface area contributed by atoms with Crippen molar-refractivity contribution in [3.05, 3.63) is 94.0 Å². The second-order valence-electron chi connectivity index (χ2n) is 10.6. The Balaban J connectivity index is 1.74. The molecule has 0 bridgehead atoms. The summed E-state index contributed by atoms with van der Waals surface area (Å²) in [5, 5.41) is 3.85. The molecule has 0 saturated heterocycles. The Morgan fingerprint density at radius 2 is 1.52 bits per heavy atom. The predicted molar refractivity (Wildman–Crippen MR) is 168 cm³/mol. The average Bonchev–Trinajstić information content (AvgIpc) is 2.98. The smallest absolute Gasteiger partial charge is 0.264 e. The Morgan fingerprint density at radius 3 is 2.14 bits per heavy atom. The maximum absolute atomic E-state index is 14.3. The van der Waals surface area contributed by atoms with Crippen LogP contribution in [-0.2, 0) is 26.2 Å². The molecule has 1 fully saturated rings. The molecule has 1 atom stereocenters. The number of nitrogens with zero attached hydrogens (tertiary/aromatic N) is 2. The van der Waals surface area contributed by atoms with Crippen LogP contribution in [-0.4, -0.2) is 43.8 Å². The van der Waals surface area contributed by atoms with Crippen molar-refractivity contribution in [3.63, 3.8) is 0 Å². The summed E-state index contributed by atoms with van der Waals surface area (Å²) in [4.78, 5) is 29.4. The van der Waals surface area contributed by atoms with E-state index in [1.54, 1.807) is 61.5 Å². The lowest BCUT2D eigenvalue weighted by atomic mass is 9.95. The van der Waals surface area contributed by atoms with E-state index in [4.69, 9.17) is 23.2 Å². The van der Waals surface area contributed by atoms with Gasteiger partial charge in [-0.3, -0.25) is 13.9 Å².